The average molecular weight is 487 g/mol. The van der Waals surface area contributed by atoms with Gasteiger partial charge in [-0.15, -0.1) is 0 Å². The van der Waals surface area contributed by atoms with Crippen molar-refractivity contribution >= 4 is 22.4 Å². The van der Waals surface area contributed by atoms with E-state index in [0.717, 1.165) is 53.7 Å². The van der Waals surface area contributed by atoms with Crippen LogP contribution in [0.25, 0.3) is 11.3 Å². The second-order valence-electron chi connectivity index (χ2n) is 9.35. The first-order valence-corrected chi connectivity index (χ1v) is 12.7. The Kier molecular flexibility index (Phi) is 5.49. The molecule has 0 spiro atoms. The summed E-state index contributed by atoms with van der Waals surface area (Å²) >= 11 is 1.44. The lowest BCUT2D eigenvalue weighted by atomic mass is 9.83. The van der Waals surface area contributed by atoms with Gasteiger partial charge in [0, 0.05) is 60.7 Å². The van der Waals surface area contributed by atoms with Crippen LogP contribution in [0, 0.1) is 12.8 Å². The Bertz CT molecular complexity index is 1440. The molecule has 1 saturated heterocycles. The normalized spacial score (nSPS) is 18.8. The number of pyridine rings is 1. The summed E-state index contributed by atoms with van der Waals surface area (Å²) in [6.45, 7) is 4.69. The van der Waals surface area contributed by atoms with Crippen LogP contribution in [-0.2, 0) is 13.1 Å². The molecule has 2 aliphatic rings. The Balaban J connectivity index is 1.31. The van der Waals surface area contributed by atoms with E-state index in [2.05, 4.69) is 26.5 Å². The van der Waals surface area contributed by atoms with Crippen molar-refractivity contribution in [2.45, 2.75) is 32.4 Å². The highest BCUT2D eigenvalue weighted by atomic mass is 32.1. The smallest absolute Gasteiger partial charge is 0.264 e. The zero-order valence-corrected chi connectivity index (χ0v) is 20.2. The highest BCUT2D eigenvalue weighted by Gasteiger charge is 2.36. The number of aromatic amines is 1. The minimum atomic E-state index is -0.137. The number of thiazole rings is 1. The molecule has 35 heavy (non-hydrogen) atoms. The van der Waals surface area contributed by atoms with Crippen molar-refractivity contribution in [2.75, 3.05) is 18.0 Å². The summed E-state index contributed by atoms with van der Waals surface area (Å²) in [5.74, 6) is 0.524. The summed E-state index contributed by atoms with van der Waals surface area (Å²) in [7, 11) is 0. The van der Waals surface area contributed by atoms with E-state index in [1.54, 1.807) is 12.3 Å². The van der Waals surface area contributed by atoms with Gasteiger partial charge < -0.3 is 14.8 Å². The lowest BCUT2D eigenvalue weighted by Crippen LogP contribution is -2.47. The second-order valence-corrected chi connectivity index (χ2v) is 10.3. The number of nitrogens with one attached hydrogen (secondary N) is 2. The maximum Gasteiger partial charge on any atom is 0.264 e. The van der Waals surface area contributed by atoms with Gasteiger partial charge in [-0.2, -0.15) is 5.10 Å². The van der Waals surface area contributed by atoms with Gasteiger partial charge in [-0.25, -0.2) is 4.98 Å². The van der Waals surface area contributed by atoms with Gasteiger partial charge in [0.15, 0.2) is 5.13 Å². The third-order valence-electron chi connectivity index (χ3n) is 6.99. The number of hydrogen-bond donors (Lipinski definition) is 2. The number of rotatable bonds is 5. The Morgan fingerprint density at radius 1 is 1.14 bits per heavy atom. The molecule has 2 atom stereocenters. The van der Waals surface area contributed by atoms with Gasteiger partial charge in [-0.1, -0.05) is 47.7 Å². The third-order valence-corrected chi connectivity index (χ3v) is 8.11. The summed E-state index contributed by atoms with van der Waals surface area (Å²) in [6, 6.07) is 15.4. The number of hydrogen-bond acceptors (Lipinski definition) is 6. The van der Waals surface area contributed by atoms with Crippen LogP contribution in [0.5, 0.6) is 0 Å². The highest BCUT2D eigenvalue weighted by molar-refractivity contribution is 7.18. The van der Waals surface area contributed by atoms with Gasteiger partial charge in [0.05, 0.1) is 11.9 Å². The number of amides is 1. The van der Waals surface area contributed by atoms with Crippen molar-refractivity contribution < 1.29 is 4.79 Å². The first kappa shape index (κ1) is 21.8. The monoisotopic (exact) mass is 486 g/mol. The van der Waals surface area contributed by atoms with Crippen molar-refractivity contribution in [3.8, 4) is 11.3 Å². The van der Waals surface area contributed by atoms with E-state index in [0.29, 0.717) is 23.0 Å². The minimum absolute atomic E-state index is 0.0816. The molecule has 178 valence electrons. The lowest BCUT2D eigenvalue weighted by Gasteiger charge is -2.42. The molecule has 1 amide bonds. The average Bonchev–Trinajstić information content (AvgIpc) is 3.50. The molecule has 5 heterocycles. The fourth-order valence-corrected chi connectivity index (χ4v) is 6.27. The standard InChI is InChI=1S/C26H26N6O2S/c1-16-20(12-28-30-16)11-27-25(34)24-23(18-6-3-2-4-7-18)29-26(35-24)31-13-17-10-19(15-31)21-8-5-9-22(33)32(21)14-17/h2-9,12,17,19H,10-11,13-15H2,1H3,(H,27,34)(H,28,30). The highest BCUT2D eigenvalue weighted by Crippen LogP contribution is 2.40. The molecule has 1 aromatic carbocycles. The molecule has 6 rings (SSSR count). The van der Waals surface area contributed by atoms with E-state index >= 15 is 0 Å². The van der Waals surface area contributed by atoms with E-state index in [9.17, 15) is 9.59 Å². The molecule has 2 N–H and O–H groups in total. The maximum atomic E-state index is 13.3. The fraction of sp³-hybridized carbons (Fsp3) is 0.308. The number of aryl methyl sites for hydroxylation is 1. The molecular weight excluding hydrogens is 460 g/mol. The number of nitrogens with zero attached hydrogens (tertiary/aromatic N) is 4. The molecule has 2 aliphatic heterocycles. The van der Waals surface area contributed by atoms with Gasteiger partial charge >= 0.3 is 0 Å². The summed E-state index contributed by atoms with van der Waals surface area (Å²) in [4.78, 5) is 33.6. The summed E-state index contributed by atoms with van der Waals surface area (Å²) in [5, 5.41) is 10.8. The van der Waals surface area contributed by atoms with Crippen LogP contribution in [0.15, 0.2) is 59.5 Å². The van der Waals surface area contributed by atoms with Gasteiger partial charge in [-0.3, -0.25) is 14.7 Å². The van der Waals surface area contributed by atoms with E-state index in [-0.39, 0.29) is 17.4 Å². The van der Waals surface area contributed by atoms with Gasteiger partial charge in [0.2, 0.25) is 0 Å². The number of H-pyrrole nitrogens is 1. The number of anilines is 1. The molecule has 9 heteroatoms. The van der Waals surface area contributed by atoms with Crippen molar-refractivity contribution in [2.24, 2.45) is 5.92 Å². The van der Waals surface area contributed by atoms with Crippen LogP contribution in [0.2, 0.25) is 0 Å². The molecule has 0 radical (unpaired) electrons. The van der Waals surface area contributed by atoms with Gasteiger partial charge in [0.1, 0.15) is 4.88 Å². The number of aromatic nitrogens is 4. The van der Waals surface area contributed by atoms with Crippen LogP contribution >= 0.6 is 11.3 Å². The molecule has 3 aromatic heterocycles. The third kappa shape index (κ3) is 4.05. The van der Waals surface area contributed by atoms with E-state index in [1.807, 2.05) is 47.9 Å². The first-order chi connectivity index (χ1) is 17.1. The summed E-state index contributed by atoms with van der Waals surface area (Å²) < 4.78 is 1.93. The Morgan fingerprint density at radius 3 is 2.80 bits per heavy atom. The predicted molar refractivity (Wildman–Crippen MR) is 136 cm³/mol. The molecule has 2 unspecified atom stereocenters. The van der Waals surface area contributed by atoms with Gasteiger partial charge in [-0.05, 0) is 25.3 Å². The van der Waals surface area contributed by atoms with Crippen LogP contribution in [0.3, 0.4) is 0 Å². The number of piperidine rings is 1. The fourth-order valence-electron chi connectivity index (χ4n) is 5.25. The SMILES string of the molecule is Cc1[nH]ncc1CNC(=O)c1sc(N2CC3CC(C2)c2cccc(=O)n2C3)nc1-c1ccccc1. The van der Waals surface area contributed by atoms with Crippen LogP contribution in [-0.4, -0.2) is 38.7 Å². The molecule has 0 saturated carbocycles. The van der Waals surface area contributed by atoms with E-state index in [4.69, 9.17) is 4.98 Å². The molecule has 2 bridgehead atoms. The number of carbonyl (C=O) groups excluding carboxylic acids is 1. The molecule has 1 fully saturated rings. The Hall–Kier alpha value is -3.72. The van der Waals surface area contributed by atoms with E-state index < -0.39 is 0 Å². The largest absolute Gasteiger partial charge is 0.347 e. The Morgan fingerprint density at radius 2 is 2.00 bits per heavy atom. The zero-order chi connectivity index (χ0) is 23.9. The molecule has 8 nitrogen and oxygen atoms in total. The zero-order valence-electron chi connectivity index (χ0n) is 19.4. The molecule has 4 aromatic rings. The quantitative estimate of drug-likeness (QED) is 0.450. The minimum Gasteiger partial charge on any atom is -0.347 e. The number of carbonyl (C=O) groups is 1. The Labute approximate surface area is 206 Å². The first-order valence-electron chi connectivity index (χ1n) is 11.8. The van der Waals surface area contributed by atoms with Crippen molar-refractivity contribution in [3.63, 3.8) is 0 Å². The second kappa shape index (κ2) is 8.81. The van der Waals surface area contributed by atoms with Gasteiger partial charge in [0.25, 0.3) is 11.5 Å². The van der Waals surface area contributed by atoms with Crippen molar-refractivity contribution in [3.05, 3.63) is 86.9 Å². The van der Waals surface area contributed by atoms with Crippen molar-refractivity contribution in [1.82, 2.24) is 25.1 Å². The number of benzene rings is 1. The topological polar surface area (TPSA) is 95.9 Å². The van der Waals surface area contributed by atoms with Crippen LogP contribution in [0.1, 0.15) is 39.0 Å². The van der Waals surface area contributed by atoms with Crippen LogP contribution in [0.4, 0.5) is 5.13 Å². The van der Waals surface area contributed by atoms with Crippen LogP contribution < -0.4 is 15.8 Å². The predicted octanol–water partition coefficient (Wildman–Crippen LogP) is 3.56. The molecule has 0 aliphatic carbocycles. The summed E-state index contributed by atoms with van der Waals surface area (Å²) in [5.41, 5.74) is 4.72. The maximum absolute atomic E-state index is 13.3. The molecular formula is C26H26N6O2S. The number of fused-ring (bicyclic) bond motifs is 4. The van der Waals surface area contributed by atoms with Crippen molar-refractivity contribution in [1.29, 1.82) is 0 Å². The lowest BCUT2D eigenvalue weighted by molar-refractivity contribution is 0.0955. The summed E-state index contributed by atoms with van der Waals surface area (Å²) in [6.07, 6.45) is 2.82. The van der Waals surface area contributed by atoms with E-state index in [1.165, 1.54) is 11.3 Å².